The zero-order valence-electron chi connectivity index (χ0n) is 16.6. The Morgan fingerprint density at radius 3 is 2.43 bits per heavy atom. The second kappa shape index (κ2) is 9.12. The summed E-state index contributed by atoms with van der Waals surface area (Å²) >= 11 is 1.82. The molecule has 0 spiro atoms. The van der Waals surface area contributed by atoms with Crippen molar-refractivity contribution in [3.05, 3.63) is 60.2 Å². The maximum atomic E-state index is 13.2. The Morgan fingerprint density at radius 1 is 0.929 bits per heavy atom. The first-order valence-corrected chi connectivity index (χ1v) is 11.1. The molecule has 148 valence electrons. The van der Waals surface area contributed by atoms with Crippen molar-refractivity contribution in [3.63, 3.8) is 0 Å². The zero-order valence-corrected chi connectivity index (χ0v) is 17.4. The van der Waals surface area contributed by atoms with Crippen LogP contribution in [-0.4, -0.2) is 62.0 Å². The van der Waals surface area contributed by atoms with E-state index in [-0.39, 0.29) is 11.2 Å². The van der Waals surface area contributed by atoms with Crippen LogP contribution in [0.2, 0.25) is 0 Å². The minimum absolute atomic E-state index is 0.178. The Balaban J connectivity index is 1.46. The molecule has 1 atom stereocenters. The van der Waals surface area contributed by atoms with Crippen molar-refractivity contribution in [2.24, 2.45) is 0 Å². The van der Waals surface area contributed by atoms with Gasteiger partial charge in [-0.1, -0.05) is 42.5 Å². The van der Waals surface area contributed by atoms with Crippen LogP contribution in [0.5, 0.6) is 0 Å². The van der Waals surface area contributed by atoms with Crippen molar-refractivity contribution < 1.29 is 4.79 Å². The molecule has 1 unspecified atom stereocenters. The van der Waals surface area contributed by atoms with Crippen LogP contribution in [-0.2, 0) is 4.79 Å². The van der Waals surface area contributed by atoms with E-state index in [1.807, 2.05) is 28.8 Å². The standard InChI is InChI=1S/C23H29N3OS/c1-24-14-16-25(17-15-24)12-7-13-26-20-10-5-6-11-21(20)28-22(18-23(26)27)19-8-3-2-4-9-19/h2-6,8-11,22H,7,12-18H2,1H3. The molecule has 0 aliphatic carbocycles. The largest absolute Gasteiger partial charge is 0.311 e. The van der Waals surface area contributed by atoms with Crippen molar-refractivity contribution in [2.45, 2.75) is 23.0 Å². The minimum atomic E-state index is 0.178. The molecule has 1 fully saturated rings. The highest BCUT2D eigenvalue weighted by Gasteiger charge is 2.29. The summed E-state index contributed by atoms with van der Waals surface area (Å²) in [6, 6.07) is 18.8. The Labute approximate surface area is 172 Å². The number of benzene rings is 2. The predicted molar refractivity (Wildman–Crippen MR) is 117 cm³/mol. The van der Waals surface area contributed by atoms with Crippen molar-refractivity contribution in [3.8, 4) is 0 Å². The van der Waals surface area contributed by atoms with Gasteiger partial charge in [0, 0.05) is 49.3 Å². The molecule has 2 heterocycles. The lowest BCUT2D eigenvalue weighted by molar-refractivity contribution is -0.118. The normalized spacial score (nSPS) is 21.4. The van der Waals surface area contributed by atoms with Gasteiger partial charge in [0.15, 0.2) is 0 Å². The van der Waals surface area contributed by atoms with Crippen molar-refractivity contribution in [1.82, 2.24) is 9.80 Å². The van der Waals surface area contributed by atoms with Gasteiger partial charge in [-0.3, -0.25) is 4.79 Å². The van der Waals surface area contributed by atoms with Gasteiger partial charge in [0.1, 0.15) is 0 Å². The summed E-state index contributed by atoms with van der Waals surface area (Å²) in [7, 11) is 2.19. The van der Waals surface area contributed by atoms with Crippen LogP contribution in [0.1, 0.15) is 23.7 Å². The molecule has 0 radical (unpaired) electrons. The number of fused-ring (bicyclic) bond motifs is 1. The molecule has 0 saturated carbocycles. The van der Waals surface area contributed by atoms with Crippen LogP contribution in [0.25, 0.3) is 0 Å². The summed E-state index contributed by atoms with van der Waals surface area (Å²) in [6.45, 7) is 6.40. The van der Waals surface area contributed by atoms with E-state index in [0.717, 1.165) is 51.4 Å². The molecule has 1 amide bonds. The molecular formula is C23H29N3OS. The number of carbonyl (C=O) groups is 1. The van der Waals surface area contributed by atoms with E-state index in [9.17, 15) is 4.79 Å². The third kappa shape index (κ3) is 4.59. The summed E-state index contributed by atoms with van der Waals surface area (Å²) in [5.74, 6) is 0.240. The van der Waals surface area contributed by atoms with Gasteiger partial charge in [-0.15, -0.1) is 11.8 Å². The highest BCUT2D eigenvalue weighted by atomic mass is 32.2. The first-order chi connectivity index (χ1) is 13.7. The van der Waals surface area contributed by atoms with Crippen LogP contribution in [0.15, 0.2) is 59.5 Å². The summed E-state index contributed by atoms with van der Waals surface area (Å²) in [6.07, 6.45) is 1.57. The van der Waals surface area contributed by atoms with E-state index in [1.165, 1.54) is 10.5 Å². The molecule has 1 saturated heterocycles. The molecule has 4 rings (SSSR count). The summed E-state index contributed by atoms with van der Waals surface area (Å²) in [5.41, 5.74) is 2.31. The van der Waals surface area contributed by atoms with Crippen molar-refractivity contribution in [1.29, 1.82) is 0 Å². The molecule has 4 nitrogen and oxygen atoms in total. The smallest absolute Gasteiger partial charge is 0.228 e. The number of amides is 1. The summed E-state index contributed by atoms with van der Waals surface area (Å²) in [5, 5.41) is 0.178. The molecular weight excluding hydrogens is 366 g/mol. The van der Waals surface area contributed by atoms with E-state index < -0.39 is 0 Å². The molecule has 2 aliphatic rings. The summed E-state index contributed by atoms with van der Waals surface area (Å²) < 4.78 is 0. The van der Waals surface area contributed by atoms with E-state index in [1.54, 1.807) is 0 Å². The first kappa shape index (κ1) is 19.5. The summed E-state index contributed by atoms with van der Waals surface area (Å²) in [4.78, 5) is 21.3. The Hall–Kier alpha value is -1.82. The maximum Gasteiger partial charge on any atom is 0.228 e. The topological polar surface area (TPSA) is 26.8 Å². The van der Waals surface area contributed by atoms with Crippen molar-refractivity contribution in [2.75, 3.05) is 51.2 Å². The quantitative estimate of drug-likeness (QED) is 0.767. The van der Waals surface area contributed by atoms with Gasteiger partial charge in [0.05, 0.1) is 5.69 Å². The average molecular weight is 396 g/mol. The van der Waals surface area contributed by atoms with Gasteiger partial charge < -0.3 is 14.7 Å². The number of likely N-dealkylation sites (N-methyl/N-ethyl adjacent to an activating group) is 1. The van der Waals surface area contributed by atoms with Crippen LogP contribution in [0.3, 0.4) is 0 Å². The number of carbonyl (C=O) groups excluding carboxylic acids is 1. The molecule has 28 heavy (non-hydrogen) atoms. The van der Waals surface area contributed by atoms with E-state index in [2.05, 4.69) is 59.3 Å². The SMILES string of the molecule is CN1CCN(CCCN2C(=O)CC(c3ccccc3)Sc3ccccc32)CC1. The fraction of sp³-hybridized carbons (Fsp3) is 0.435. The Morgan fingerprint density at radius 2 is 1.64 bits per heavy atom. The zero-order chi connectivity index (χ0) is 19.3. The van der Waals surface area contributed by atoms with E-state index in [4.69, 9.17) is 0 Å². The fourth-order valence-electron chi connectivity index (χ4n) is 4.00. The van der Waals surface area contributed by atoms with E-state index in [0.29, 0.717) is 6.42 Å². The number of hydrogen-bond acceptors (Lipinski definition) is 4. The number of hydrogen-bond donors (Lipinski definition) is 0. The number of rotatable bonds is 5. The maximum absolute atomic E-state index is 13.2. The average Bonchev–Trinajstić information content (AvgIpc) is 2.87. The number of nitrogens with zero attached hydrogens (tertiary/aromatic N) is 3. The molecule has 0 aromatic heterocycles. The fourth-order valence-corrected chi connectivity index (χ4v) is 5.28. The minimum Gasteiger partial charge on any atom is -0.311 e. The first-order valence-electron chi connectivity index (χ1n) is 10.2. The van der Waals surface area contributed by atoms with Gasteiger partial charge in [-0.2, -0.15) is 0 Å². The number of para-hydroxylation sites is 1. The van der Waals surface area contributed by atoms with Gasteiger partial charge in [-0.05, 0) is 37.7 Å². The van der Waals surface area contributed by atoms with Crippen LogP contribution < -0.4 is 4.90 Å². The Kier molecular flexibility index (Phi) is 6.35. The monoisotopic (exact) mass is 395 g/mol. The predicted octanol–water partition coefficient (Wildman–Crippen LogP) is 3.89. The van der Waals surface area contributed by atoms with Gasteiger partial charge in [0.25, 0.3) is 0 Å². The third-order valence-electron chi connectivity index (χ3n) is 5.71. The second-order valence-electron chi connectivity index (χ2n) is 7.73. The molecule has 5 heteroatoms. The van der Waals surface area contributed by atoms with Crippen molar-refractivity contribution >= 4 is 23.4 Å². The molecule has 0 bridgehead atoms. The molecule has 2 aliphatic heterocycles. The Bertz CT molecular complexity index is 789. The van der Waals surface area contributed by atoms with Gasteiger partial charge in [-0.25, -0.2) is 0 Å². The van der Waals surface area contributed by atoms with Crippen LogP contribution in [0, 0.1) is 0 Å². The lowest BCUT2D eigenvalue weighted by atomic mass is 10.1. The highest BCUT2D eigenvalue weighted by Crippen LogP contribution is 2.45. The van der Waals surface area contributed by atoms with Gasteiger partial charge >= 0.3 is 0 Å². The lowest BCUT2D eigenvalue weighted by Gasteiger charge is -2.33. The number of thioether (sulfide) groups is 1. The third-order valence-corrected chi connectivity index (χ3v) is 7.03. The van der Waals surface area contributed by atoms with Crippen LogP contribution >= 0.6 is 11.8 Å². The number of piperazine rings is 1. The van der Waals surface area contributed by atoms with E-state index >= 15 is 0 Å². The lowest BCUT2D eigenvalue weighted by Crippen LogP contribution is -2.45. The second-order valence-corrected chi connectivity index (χ2v) is 8.98. The molecule has 2 aromatic rings. The molecule has 2 aromatic carbocycles. The number of anilines is 1. The van der Waals surface area contributed by atoms with Gasteiger partial charge in [0.2, 0.25) is 5.91 Å². The highest BCUT2D eigenvalue weighted by molar-refractivity contribution is 7.99. The van der Waals surface area contributed by atoms with Crippen LogP contribution in [0.4, 0.5) is 5.69 Å². The molecule has 0 N–H and O–H groups in total.